The third-order valence-corrected chi connectivity index (χ3v) is 3.13. The van der Waals surface area contributed by atoms with Crippen molar-refractivity contribution < 1.29 is 14.3 Å². The normalized spacial score (nSPS) is 25.3. The predicted molar refractivity (Wildman–Crippen MR) is 59.9 cm³/mol. The number of esters is 1. The Balaban J connectivity index is 2.43. The summed E-state index contributed by atoms with van der Waals surface area (Å²) in [5.74, 6) is -0.296. The maximum absolute atomic E-state index is 11.9. The van der Waals surface area contributed by atoms with E-state index in [1.165, 1.54) is 7.11 Å². The molecule has 1 heterocycles. The van der Waals surface area contributed by atoms with E-state index in [-0.39, 0.29) is 30.8 Å². The lowest BCUT2D eigenvalue weighted by atomic mass is 10.1. The first kappa shape index (κ1) is 13.0. The SMILES string of the molecule is COC(=O)CCC(=O)N1CCNC(C)C1C. The maximum atomic E-state index is 11.9. The Kier molecular flexibility index (Phi) is 4.73. The zero-order valence-corrected chi connectivity index (χ0v) is 10.2. The lowest BCUT2D eigenvalue weighted by Crippen LogP contribution is -2.57. The number of nitrogens with zero attached hydrogens (tertiary/aromatic N) is 1. The number of ether oxygens (including phenoxy) is 1. The van der Waals surface area contributed by atoms with Crippen LogP contribution in [0.15, 0.2) is 0 Å². The zero-order chi connectivity index (χ0) is 12.1. The highest BCUT2D eigenvalue weighted by Gasteiger charge is 2.27. The van der Waals surface area contributed by atoms with E-state index in [9.17, 15) is 9.59 Å². The van der Waals surface area contributed by atoms with Crippen molar-refractivity contribution in [1.29, 1.82) is 0 Å². The number of methoxy groups -OCH3 is 1. The van der Waals surface area contributed by atoms with Crippen LogP contribution in [0.3, 0.4) is 0 Å². The topological polar surface area (TPSA) is 58.6 Å². The minimum absolute atomic E-state index is 0.0336. The molecule has 5 nitrogen and oxygen atoms in total. The van der Waals surface area contributed by atoms with E-state index in [0.29, 0.717) is 12.6 Å². The number of rotatable bonds is 3. The summed E-state index contributed by atoms with van der Waals surface area (Å²) >= 11 is 0. The molecular formula is C11H20N2O3. The summed E-state index contributed by atoms with van der Waals surface area (Å²) in [5, 5.41) is 3.31. The standard InChI is InChI=1S/C11H20N2O3/c1-8-9(2)13(7-6-12-8)10(14)4-5-11(15)16-3/h8-9,12H,4-7H2,1-3H3. The molecule has 1 amide bonds. The monoisotopic (exact) mass is 228 g/mol. The second-order valence-corrected chi connectivity index (χ2v) is 4.15. The van der Waals surface area contributed by atoms with E-state index >= 15 is 0 Å². The first-order valence-corrected chi connectivity index (χ1v) is 5.66. The molecule has 0 bridgehead atoms. The zero-order valence-electron chi connectivity index (χ0n) is 10.2. The van der Waals surface area contributed by atoms with E-state index in [0.717, 1.165) is 6.54 Å². The molecule has 1 aliphatic heterocycles. The summed E-state index contributed by atoms with van der Waals surface area (Å²) in [6.45, 7) is 5.61. The van der Waals surface area contributed by atoms with Crippen LogP contribution in [0.2, 0.25) is 0 Å². The molecule has 2 unspecified atom stereocenters. The first-order valence-electron chi connectivity index (χ1n) is 5.66. The van der Waals surface area contributed by atoms with Crippen molar-refractivity contribution >= 4 is 11.9 Å². The highest BCUT2D eigenvalue weighted by atomic mass is 16.5. The van der Waals surface area contributed by atoms with E-state index in [4.69, 9.17) is 0 Å². The number of piperazine rings is 1. The number of amides is 1. The van der Waals surface area contributed by atoms with Gasteiger partial charge in [-0.15, -0.1) is 0 Å². The van der Waals surface area contributed by atoms with E-state index in [1.807, 2.05) is 11.8 Å². The van der Waals surface area contributed by atoms with Crippen molar-refractivity contribution in [3.8, 4) is 0 Å². The smallest absolute Gasteiger partial charge is 0.306 e. The molecule has 2 atom stereocenters. The summed E-state index contributed by atoms with van der Waals surface area (Å²) in [6.07, 6.45) is 0.407. The van der Waals surface area contributed by atoms with Gasteiger partial charge in [-0.1, -0.05) is 0 Å². The molecule has 0 aromatic heterocycles. The van der Waals surface area contributed by atoms with Gasteiger partial charge in [-0.25, -0.2) is 0 Å². The maximum Gasteiger partial charge on any atom is 0.306 e. The predicted octanol–water partition coefficient (Wildman–Crippen LogP) is 0.148. The second-order valence-electron chi connectivity index (χ2n) is 4.15. The molecule has 0 radical (unpaired) electrons. The Morgan fingerprint density at radius 2 is 2.06 bits per heavy atom. The molecule has 5 heteroatoms. The van der Waals surface area contributed by atoms with Crippen molar-refractivity contribution in [2.45, 2.75) is 38.8 Å². The summed E-state index contributed by atoms with van der Waals surface area (Å²) in [7, 11) is 1.34. The van der Waals surface area contributed by atoms with Gasteiger partial charge in [-0.3, -0.25) is 9.59 Å². The molecule has 0 aromatic carbocycles. The number of nitrogens with one attached hydrogen (secondary N) is 1. The van der Waals surface area contributed by atoms with Crippen LogP contribution in [-0.2, 0) is 14.3 Å². The Morgan fingerprint density at radius 1 is 1.38 bits per heavy atom. The van der Waals surface area contributed by atoms with Gasteiger partial charge in [0.25, 0.3) is 0 Å². The van der Waals surface area contributed by atoms with Gasteiger partial charge in [0, 0.05) is 31.6 Å². The van der Waals surface area contributed by atoms with Gasteiger partial charge in [0.2, 0.25) is 5.91 Å². The average molecular weight is 228 g/mol. The average Bonchev–Trinajstić information content (AvgIpc) is 2.29. The van der Waals surface area contributed by atoms with Gasteiger partial charge in [0.05, 0.1) is 13.5 Å². The highest BCUT2D eigenvalue weighted by molar-refractivity contribution is 5.81. The molecule has 1 N–H and O–H groups in total. The third kappa shape index (κ3) is 3.20. The lowest BCUT2D eigenvalue weighted by Gasteiger charge is -2.38. The summed E-state index contributed by atoms with van der Waals surface area (Å²) in [4.78, 5) is 24.6. The first-order chi connectivity index (χ1) is 7.56. The molecular weight excluding hydrogens is 208 g/mol. The summed E-state index contributed by atoms with van der Waals surface area (Å²) in [6, 6.07) is 0.481. The number of carbonyl (C=O) groups is 2. The number of hydrogen-bond donors (Lipinski definition) is 1. The molecule has 0 aromatic rings. The van der Waals surface area contributed by atoms with Gasteiger partial charge in [-0.2, -0.15) is 0 Å². The molecule has 92 valence electrons. The Morgan fingerprint density at radius 3 is 2.69 bits per heavy atom. The second kappa shape index (κ2) is 5.84. The van der Waals surface area contributed by atoms with Crippen LogP contribution >= 0.6 is 0 Å². The lowest BCUT2D eigenvalue weighted by molar-refractivity contribution is -0.144. The highest BCUT2D eigenvalue weighted by Crippen LogP contribution is 2.11. The Bertz CT molecular complexity index is 268. The molecule has 1 aliphatic rings. The van der Waals surface area contributed by atoms with Crippen LogP contribution in [0.25, 0.3) is 0 Å². The molecule has 0 aliphatic carbocycles. The fourth-order valence-corrected chi connectivity index (χ4v) is 1.86. The van der Waals surface area contributed by atoms with Gasteiger partial charge < -0.3 is 15.0 Å². The fraction of sp³-hybridized carbons (Fsp3) is 0.818. The van der Waals surface area contributed by atoms with Crippen LogP contribution in [0.4, 0.5) is 0 Å². The van der Waals surface area contributed by atoms with Crippen LogP contribution in [0.5, 0.6) is 0 Å². The van der Waals surface area contributed by atoms with Crippen molar-refractivity contribution in [3.05, 3.63) is 0 Å². The minimum atomic E-state index is -0.329. The van der Waals surface area contributed by atoms with Crippen molar-refractivity contribution in [2.24, 2.45) is 0 Å². The summed E-state index contributed by atoms with van der Waals surface area (Å²) in [5.41, 5.74) is 0. The van der Waals surface area contributed by atoms with Crippen molar-refractivity contribution in [3.63, 3.8) is 0 Å². The van der Waals surface area contributed by atoms with Gasteiger partial charge in [-0.05, 0) is 13.8 Å². The van der Waals surface area contributed by atoms with Gasteiger partial charge in [0.15, 0.2) is 0 Å². The van der Waals surface area contributed by atoms with E-state index in [1.54, 1.807) is 0 Å². The quantitative estimate of drug-likeness (QED) is 0.698. The largest absolute Gasteiger partial charge is 0.469 e. The molecule has 0 spiro atoms. The fourth-order valence-electron chi connectivity index (χ4n) is 1.86. The molecule has 0 saturated carbocycles. The molecule has 16 heavy (non-hydrogen) atoms. The molecule has 1 rings (SSSR count). The van der Waals surface area contributed by atoms with Gasteiger partial charge in [0.1, 0.15) is 0 Å². The summed E-state index contributed by atoms with van der Waals surface area (Å²) < 4.78 is 4.51. The van der Waals surface area contributed by atoms with Crippen LogP contribution < -0.4 is 5.32 Å². The van der Waals surface area contributed by atoms with Crippen molar-refractivity contribution in [2.75, 3.05) is 20.2 Å². The Labute approximate surface area is 96.1 Å². The minimum Gasteiger partial charge on any atom is -0.469 e. The third-order valence-electron chi connectivity index (χ3n) is 3.13. The number of carbonyl (C=O) groups excluding carboxylic acids is 2. The van der Waals surface area contributed by atoms with Crippen LogP contribution in [0.1, 0.15) is 26.7 Å². The van der Waals surface area contributed by atoms with Crippen molar-refractivity contribution in [1.82, 2.24) is 10.2 Å². The number of hydrogen-bond acceptors (Lipinski definition) is 4. The van der Waals surface area contributed by atoms with Crippen LogP contribution in [-0.4, -0.2) is 49.1 Å². The molecule has 1 saturated heterocycles. The van der Waals surface area contributed by atoms with Crippen LogP contribution in [0, 0.1) is 0 Å². The van der Waals surface area contributed by atoms with Gasteiger partial charge >= 0.3 is 5.97 Å². The Hall–Kier alpha value is -1.10. The van der Waals surface area contributed by atoms with E-state index in [2.05, 4.69) is 17.0 Å². The van der Waals surface area contributed by atoms with E-state index < -0.39 is 0 Å². The molecule has 1 fully saturated rings.